The maximum Gasteiger partial charge on any atom is 0.470 e. The molecule has 0 radical (unpaired) electrons. The zero-order valence-corrected chi connectivity index (χ0v) is 22.7. The lowest BCUT2D eigenvalue weighted by Crippen LogP contribution is -2.67. The highest BCUT2D eigenvalue weighted by molar-refractivity contribution is 7.47. The second-order valence-corrected chi connectivity index (χ2v) is 12.4. The molecule has 216 valence electrons. The number of unbranched alkanes of at least 4 members (excludes halogenated alkanes) is 2. The normalized spacial score (nSPS) is 28.4. The highest BCUT2D eigenvalue weighted by atomic mass is 31.2. The van der Waals surface area contributed by atoms with Crippen molar-refractivity contribution in [2.45, 2.75) is 76.2 Å². The molecule has 0 spiro atoms. The molecule has 1 aliphatic carbocycles. The van der Waals surface area contributed by atoms with E-state index in [4.69, 9.17) is 9.47 Å². The third kappa shape index (κ3) is 12.9. The van der Waals surface area contributed by atoms with Crippen LogP contribution in [0.2, 0.25) is 0 Å². The van der Waals surface area contributed by atoms with Crippen LogP contribution in [-0.2, 0) is 45.8 Å². The maximum atomic E-state index is 11.7. The second kappa shape index (κ2) is 14.1. The summed E-state index contributed by atoms with van der Waals surface area (Å²) in [5, 5.41) is 0. The summed E-state index contributed by atoms with van der Waals surface area (Å²) in [6.07, 6.45) is -11.3. The monoisotopic (exact) mass is 612 g/mol. The molecule has 0 aromatic heterocycles. The largest absolute Gasteiger partial charge is 0.470 e. The number of rotatable bonds is 16. The molecular formula is C14H32O18P4. The number of ether oxygens (including phenoxy) is 2. The first-order chi connectivity index (χ1) is 16.3. The van der Waals surface area contributed by atoms with E-state index in [9.17, 15) is 57.4 Å². The average molecular weight is 612 g/mol. The van der Waals surface area contributed by atoms with E-state index in [0.717, 1.165) is 0 Å². The first kappa shape index (κ1) is 34.4. The molecular weight excluding hydrogens is 580 g/mol. The predicted octanol–water partition coefficient (Wildman–Crippen LogP) is 0.282. The fourth-order valence-electron chi connectivity index (χ4n) is 3.34. The number of hydrogen-bond donors (Lipinski definition) is 8. The quantitative estimate of drug-likeness (QED) is 0.0858. The van der Waals surface area contributed by atoms with Gasteiger partial charge in [-0.3, -0.25) is 18.1 Å². The molecule has 0 unspecified atom stereocenters. The van der Waals surface area contributed by atoms with E-state index < -0.39 is 67.9 Å². The van der Waals surface area contributed by atoms with Gasteiger partial charge in [0.1, 0.15) is 36.6 Å². The molecule has 1 rings (SSSR count). The lowest BCUT2D eigenvalue weighted by molar-refractivity contribution is -0.234. The van der Waals surface area contributed by atoms with E-state index in [1.807, 2.05) is 0 Å². The van der Waals surface area contributed by atoms with Crippen LogP contribution in [0.25, 0.3) is 0 Å². The van der Waals surface area contributed by atoms with Crippen molar-refractivity contribution < 1.29 is 85.0 Å². The van der Waals surface area contributed by atoms with Gasteiger partial charge in [0.05, 0.1) is 0 Å². The number of hydrogen-bond acceptors (Lipinski definition) is 10. The summed E-state index contributed by atoms with van der Waals surface area (Å²) in [5.74, 6) is 0. The van der Waals surface area contributed by atoms with E-state index in [2.05, 4.69) is 18.1 Å². The van der Waals surface area contributed by atoms with Crippen LogP contribution < -0.4 is 0 Å². The molecule has 22 heteroatoms. The van der Waals surface area contributed by atoms with Gasteiger partial charge in [0.2, 0.25) is 0 Å². The topological polar surface area (TPSA) is 285 Å². The number of phosphoric ester groups is 4. The van der Waals surface area contributed by atoms with Crippen LogP contribution in [-0.4, -0.2) is 89.0 Å². The third-order valence-electron chi connectivity index (χ3n) is 4.60. The minimum absolute atomic E-state index is 0.162. The molecule has 0 amide bonds. The molecule has 8 N–H and O–H groups in total. The number of phosphoric acid groups is 4. The van der Waals surface area contributed by atoms with E-state index in [1.54, 1.807) is 13.8 Å². The first-order valence-electron chi connectivity index (χ1n) is 10.5. The smallest absolute Gasteiger partial charge is 0.373 e. The van der Waals surface area contributed by atoms with Crippen molar-refractivity contribution in [3.8, 4) is 0 Å². The Hall–Kier alpha value is 0.360. The Kier molecular flexibility index (Phi) is 13.5. The fraction of sp³-hybridized carbons (Fsp3) is 1.00. The van der Waals surface area contributed by atoms with Gasteiger partial charge >= 0.3 is 31.3 Å². The zero-order chi connectivity index (χ0) is 27.9. The molecule has 1 saturated carbocycles. The van der Waals surface area contributed by atoms with Crippen molar-refractivity contribution in [3.05, 3.63) is 0 Å². The average Bonchev–Trinajstić information content (AvgIpc) is 2.65. The highest BCUT2D eigenvalue weighted by Crippen LogP contribution is 2.53. The summed E-state index contributed by atoms with van der Waals surface area (Å²) in [5.41, 5.74) is 0. The molecule has 1 fully saturated rings. The molecule has 0 heterocycles. The van der Waals surface area contributed by atoms with Crippen molar-refractivity contribution in [1.29, 1.82) is 0 Å². The lowest BCUT2D eigenvalue weighted by Gasteiger charge is -2.48. The van der Waals surface area contributed by atoms with E-state index in [-0.39, 0.29) is 13.2 Å². The summed E-state index contributed by atoms with van der Waals surface area (Å²) in [4.78, 5) is 75.3. The van der Waals surface area contributed by atoms with E-state index in [0.29, 0.717) is 25.7 Å². The van der Waals surface area contributed by atoms with Crippen LogP contribution in [0, 0.1) is 0 Å². The predicted molar refractivity (Wildman–Crippen MR) is 117 cm³/mol. The van der Waals surface area contributed by atoms with Gasteiger partial charge in [-0.1, -0.05) is 26.7 Å². The molecule has 0 aliphatic heterocycles. The Balaban J connectivity index is 3.80. The Labute approximate surface area is 206 Å². The summed E-state index contributed by atoms with van der Waals surface area (Å²) >= 11 is 0. The van der Waals surface area contributed by atoms with Crippen molar-refractivity contribution in [2.24, 2.45) is 0 Å². The van der Waals surface area contributed by atoms with Crippen molar-refractivity contribution in [1.82, 2.24) is 0 Å². The summed E-state index contributed by atoms with van der Waals surface area (Å²) in [7, 11) is -22.3. The molecule has 0 bridgehead atoms. The van der Waals surface area contributed by atoms with Gasteiger partial charge in [-0.15, -0.1) is 0 Å². The third-order valence-corrected chi connectivity index (χ3v) is 6.67. The molecule has 0 aromatic rings. The molecule has 6 atom stereocenters. The molecule has 18 nitrogen and oxygen atoms in total. The van der Waals surface area contributed by atoms with E-state index >= 15 is 0 Å². The second-order valence-electron chi connectivity index (χ2n) is 7.62. The minimum atomic E-state index is -5.63. The van der Waals surface area contributed by atoms with Crippen molar-refractivity contribution in [3.63, 3.8) is 0 Å². The van der Waals surface area contributed by atoms with Gasteiger partial charge in [-0.25, -0.2) is 18.3 Å². The fourth-order valence-corrected chi connectivity index (χ4v) is 5.57. The molecule has 36 heavy (non-hydrogen) atoms. The summed E-state index contributed by atoms with van der Waals surface area (Å²) in [6, 6.07) is 0. The Morgan fingerprint density at radius 1 is 0.472 bits per heavy atom. The Bertz CT molecular complexity index is 790. The van der Waals surface area contributed by atoms with E-state index in [1.165, 1.54) is 0 Å². The van der Waals surface area contributed by atoms with Crippen LogP contribution in [0.5, 0.6) is 0 Å². The lowest BCUT2D eigenvalue weighted by atomic mass is 9.84. The minimum Gasteiger partial charge on any atom is -0.373 e. The van der Waals surface area contributed by atoms with Crippen LogP contribution in [0.3, 0.4) is 0 Å². The maximum absolute atomic E-state index is 11.7. The highest BCUT2D eigenvalue weighted by Gasteiger charge is 2.60. The van der Waals surface area contributed by atoms with Crippen LogP contribution in [0.15, 0.2) is 0 Å². The first-order valence-corrected chi connectivity index (χ1v) is 16.6. The van der Waals surface area contributed by atoms with Crippen LogP contribution in [0.4, 0.5) is 0 Å². The van der Waals surface area contributed by atoms with Gasteiger partial charge in [-0.05, 0) is 12.8 Å². The SMILES string of the molecule is CCCCO[C@@H]1[C@H](OCCCC)[C@@H](OP(=O)(O)O)[C@H](OP(=O)(O)O)[C@@H](OP(=O)(O)O)[C@@H]1OP(=O)(O)O. The molecule has 0 saturated heterocycles. The van der Waals surface area contributed by atoms with Crippen LogP contribution >= 0.6 is 31.3 Å². The van der Waals surface area contributed by atoms with Crippen molar-refractivity contribution >= 4 is 31.3 Å². The van der Waals surface area contributed by atoms with Gasteiger partial charge < -0.3 is 48.6 Å². The van der Waals surface area contributed by atoms with Gasteiger partial charge in [0, 0.05) is 13.2 Å². The summed E-state index contributed by atoms with van der Waals surface area (Å²) < 4.78 is 76.3. The standard InChI is InChI=1S/C14H32O18P4/c1-3-5-7-27-9-10(28-8-6-4-2)12(30-34(18,19)20)14(32-36(24,25)26)13(31-35(21,22)23)11(9)29-33(15,16)17/h9-14H,3-8H2,1-2H3,(H2,15,16,17)(H2,18,19,20)(H2,21,22,23)(H2,24,25,26)/t9-,10+,11-,12-,13+,14+/m1/s1. The zero-order valence-electron chi connectivity index (χ0n) is 19.2. The van der Waals surface area contributed by atoms with Gasteiger partial charge in [0.25, 0.3) is 0 Å². The Morgan fingerprint density at radius 2 is 0.694 bits per heavy atom. The van der Waals surface area contributed by atoms with Gasteiger partial charge in [-0.2, -0.15) is 0 Å². The molecule has 1 aliphatic rings. The molecule has 0 aromatic carbocycles. The van der Waals surface area contributed by atoms with Gasteiger partial charge in [0.15, 0.2) is 0 Å². The van der Waals surface area contributed by atoms with Crippen molar-refractivity contribution in [2.75, 3.05) is 13.2 Å². The van der Waals surface area contributed by atoms with Crippen LogP contribution in [0.1, 0.15) is 39.5 Å². The summed E-state index contributed by atoms with van der Waals surface area (Å²) in [6.45, 7) is 3.19. The Morgan fingerprint density at radius 3 is 0.889 bits per heavy atom.